The highest BCUT2D eigenvalue weighted by Gasteiger charge is 2.50. The van der Waals surface area contributed by atoms with Crippen LogP contribution in [-0.4, -0.2) is 41.3 Å². The molecule has 0 radical (unpaired) electrons. The molecule has 1 aromatic carbocycles. The number of hydrogen-bond donors (Lipinski definition) is 2. The van der Waals surface area contributed by atoms with Crippen LogP contribution < -0.4 is 15.8 Å². The lowest BCUT2D eigenvalue weighted by Crippen LogP contribution is -2.46. The first kappa shape index (κ1) is 22.5. The smallest absolute Gasteiger partial charge is 0.425 e. The van der Waals surface area contributed by atoms with Crippen LogP contribution in [0.2, 0.25) is 5.02 Å². The van der Waals surface area contributed by atoms with E-state index in [9.17, 15) is 22.4 Å². The topological polar surface area (TPSA) is 112 Å². The van der Waals surface area contributed by atoms with Gasteiger partial charge in [-0.15, -0.1) is 0 Å². The molecule has 2 heterocycles. The van der Waals surface area contributed by atoms with Crippen LogP contribution in [0.5, 0.6) is 5.88 Å². The molecule has 0 spiro atoms. The lowest BCUT2D eigenvalue weighted by atomic mass is 9.85. The van der Waals surface area contributed by atoms with Gasteiger partial charge < -0.3 is 20.5 Å². The van der Waals surface area contributed by atoms with E-state index in [-0.39, 0.29) is 22.8 Å². The predicted octanol–water partition coefficient (Wildman–Crippen LogP) is 3.41. The molecular weight excluding hydrogens is 446 g/mol. The molecule has 1 aliphatic rings. The largest absolute Gasteiger partial charge is 0.480 e. The minimum Gasteiger partial charge on any atom is -0.480 e. The number of ether oxygens (including phenoxy) is 2. The highest BCUT2D eigenvalue weighted by molar-refractivity contribution is 6.31. The van der Waals surface area contributed by atoms with Gasteiger partial charge in [-0.25, -0.2) is 19.4 Å². The van der Waals surface area contributed by atoms with Gasteiger partial charge in [0, 0.05) is 17.7 Å². The first-order valence-corrected chi connectivity index (χ1v) is 9.06. The number of benzene rings is 1. The van der Waals surface area contributed by atoms with Crippen molar-refractivity contribution in [2.24, 2.45) is 10.7 Å². The van der Waals surface area contributed by atoms with Gasteiger partial charge in [0.2, 0.25) is 5.88 Å². The van der Waals surface area contributed by atoms with Crippen molar-refractivity contribution in [2.45, 2.75) is 31.2 Å². The van der Waals surface area contributed by atoms with E-state index in [1.807, 2.05) is 0 Å². The molecule has 0 saturated heterocycles. The number of amides is 1. The zero-order chi connectivity index (χ0) is 23.0. The molecule has 3 rings (SSSR count). The van der Waals surface area contributed by atoms with Gasteiger partial charge in [-0.2, -0.15) is 13.2 Å². The van der Waals surface area contributed by atoms with Gasteiger partial charge in [0.05, 0.1) is 30.1 Å². The highest BCUT2D eigenvalue weighted by Crippen LogP contribution is 2.42. The number of methoxy groups -OCH3 is 1. The Labute approximate surface area is 178 Å². The monoisotopic (exact) mass is 461 g/mol. The minimum absolute atomic E-state index is 0.00839. The van der Waals surface area contributed by atoms with Gasteiger partial charge in [-0.05, 0) is 19.1 Å². The number of anilines is 1. The molecule has 0 unspecified atom stereocenters. The SMILES string of the molecule is COc1cnc(C(=O)Nc2cc(Cl)c(F)c([C@@]3(C)C[C@@H](C(F)(F)F)OC(N)=N3)c2)cn1. The number of rotatable bonds is 4. The Balaban J connectivity index is 1.95. The predicted molar refractivity (Wildman–Crippen MR) is 102 cm³/mol. The van der Waals surface area contributed by atoms with Crippen LogP contribution in [0.4, 0.5) is 23.2 Å². The average molecular weight is 462 g/mol. The molecule has 3 N–H and O–H groups in total. The molecule has 0 aliphatic carbocycles. The number of carbonyl (C=O) groups excluding carboxylic acids is 1. The summed E-state index contributed by atoms with van der Waals surface area (Å²) in [4.78, 5) is 24.0. The van der Waals surface area contributed by atoms with Crippen molar-refractivity contribution in [1.29, 1.82) is 0 Å². The first-order valence-electron chi connectivity index (χ1n) is 8.68. The van der Waals surface area contributed by atoms with Crippen molar-refractivity contribution < 1.29 is 31.8 Å². The van der Waals surface area contributed by atoms with E-state index in [1.54, 1.807) is 0 Å². The molecule has 1 amide bonds. The Hall–Kier alpha value is -3.15. The number of carbonyl (C=O) groups is 1. The van der Waals surface area contributed by atoms with Crippen LogP contribution in [0.15, 0.2) is 29.5 Å². The van der Waals surface area contributed by atoms with E-state index in [0.29, 0.717) is 0 Å². The third-order valence-corrected chi connectivity index (χ3v) is 4.78. The molecule has 1 aromatic heterocycles. The zero-order valence-electron chi connectivity index (χ0n) is 16.1. The van der Waals surface area contributed by atoms with E-state index in [4.69, 9.17) is 22.1 Å². The number of nitrogens with zero attached hydrogens (tertiary/aromatic N) is 3. The molecule has 13 heteroatoms. The Morgan fingerprint density at radius 2 is 2.06 bits per heavy atom. The minimum atomic E-state index is -4.75. The third-order valence-electron chi connectivity index (χ3n) is 4.50. The van der Waals surface area contributed by atoms with E-state index >= 15 is 0 Å². The summed E-state index contributed by atoms with van der Waals surface area (Å²) in [6.07, 6.45) is -5.41. The first-order chi connectivity index (χ1) is 14.4. The second-order valence-corrected chi connectivity index (χ2v) is 7.20. The normalized spacial score (nSPS) is 21.1. The van der Waals surface area contributed by atoms with E-state index < -0.39 is 47.0 Å². The second-order valence-electron chi connectivity index (χ2n) is 6.79. The number of hydrogen-bond acceptors (Lipinski definition) is 7. The van der Waals surface area contributed by atoms with Gasteiger partial charge >= 0.3 is 6.18 Å². The fourth-order valence-electron chi connectivity index (χ4n) is 3.00. The maximum Gasteiger partial charge on any atom is 0.425 e. The number of alkyl halides is 3. The molecule has 0 fully saturated rings. The Morgan fingerprint density at radius 3 is 2.65 bits per heavy atom. The van der Waals surface area contributed by atoms with Gasteiger partial charge in [-0.3, -0.25) is 4.79 Å². The van der Waals surface area contributed by atoms with Gasteiger partial charge in [0.25, 0.3) is 11.9 Å². The molecule has 0 bridgehead atoms. The molecular formula is C18H16ClF4N5O3. The highest BCUT2D eigenvalue weighted by atomic mass is 35.5. The number of amidine groups is 1. The van der Waals surface area contributed by atoms with Gasteiger partial charge in [0.15, 0.2) is 6.10 Å². The molecule has 8 nitrogen and oxygen atoms in total. The fourth-order valence-corrected chi connectivity index (χ4v) is 3.22. The third kappa shape index (κ3) is 4.79. The summed E-state index contributed by atoms with van der Waals surface area (Å²) in [5.41, 5.74) is 3.30. The molecule has 1 aliphatic heterocycles. The van der Waals surface area contributed by atoms with Crippen LogP contribution in [0, 0.1) is 5.82 Å². The summed E-state index contributed by atoms with van der Waals surface area (Å²) in [5.74, 6) is -1.52. The average Bonchev–Trinajstić information content (AvgIpc) is 2.69. The summed E-state index contributed by atoms with van der Waals surface area (Å²) >= 11 is 5.93. The summed E-state index contributed by atoms with van der Waals surface area (Å²) in [6.45, 7) is 1.26. The van der Waals surface area contributed by atoms with E-state index in [2.05, 4.69) is 25.0 Å². The number of halogens is 5. The van der Waals surface area contributed by atoms with Gasteiger partial charge in [-0.1, -0.05) is 11.6 Å². The summed E-state index contributed by atoms with van der Waals surface area (Å²) in [7, 11) is 1.38. The summed E-state index contributed by atoms with van der Waals surface area (Å²) < 4.78 is 63.8. The van der Waals surface area contributed by atoms with E-state index in [0.717, 1.165) is 18.3 Å². The molecule has 166 valence electrons. The molecule has 2 aromatic rings. The number of aromatic nitrogens is 2. The zero-order valence-corrected chi connectivity index (χ0v) is 16.9. The van der Waals surface area contributed by atoms with Crippen LogP contribution in [0.3, 0.4) is 0 Å². The molecule has 0 saturated carbocycles. The maximum atomic E-state index is 14.8. The molecule has 31 heavy (non-hydrogen) atoms. The summed E-state index contributed by atoms with van der Waals surface area (Å²) in [6, 6.07) is 1.49. The van der Waals surface area contributed by atoms with Crippen LogP contribution in [0.25, 0.3) is 0 Å². The Morgan fingerprint density at radius 1 is 1.35 bits per heavy atom. The fraction of sp³-hybridized carbons (Fsp3) is 0.333. The lowest BCUT2D eigenvalue weighted by Gasteiger charge is -2.36. The standard InChI is InChI=1S/C18H16ClF4N5O3/c1-17(5-12(18(21,22)23)31-16(24)28-17)9-3-8(4-10(19)14(9)20)27-15(29)11-6-26-13(30-2)7-25-11/h3-4,6-7,12H,5H2,1-2H3,(H2,24,28)(H,27,29)/t12-,17+/m0/s1. The Bertz CT molecular complexity index is 1030. The van der Waals surface area contributed by atoms with E-state index in [1.165, 1.54) is 20.2 Å². The van der Waals surface area contributed by atoms with Crippen LogP contribution in [0.1, 0.15) is 29.4 Å². The van der Waals surface area contributed by atoms with Crippen molar-refractivity contribution in [2.75, 3.05) is 12.4 Å². The lowest BCUT2D eigenvalue weighted by molar-refractivity contribution is -0.208. The second kappa shape index (κ2) is 8.17. The number of nitrogens with two attached hydrogens (primary N) is 1. The van der Waals surface area contributed by atoms with Crippen molar-refractivity contribution in [3.63, 3.8) is 0 Å². The van der Waals surface area contributed by atoms with Crippen molar-refractivity contribution in [3.8, 4) is 5.88 Å². The van der Waals surface area contributed by atoms with Crippen molar-refractivity contribution in [3.05, 3.63) is 46.6 Å². The summed E-state index contributed by atoms with van der Waals surface area (Å²) in [5, 5.41) is 2.01. The van der Waals surface area contributed by atoms with Crippen molar-refractivity contribution >= 4 is 29.2 Å². The van der Waals surface area contributed by atoms with Crippen molar-refractivity contribution in [1.82, 2.24) is 9.97 Å². The molecule has 2 atom stereocenters. The number of nitrogens with one attached hydrogen (secondary N) is 1. The number of aliphatic imine (C=N–C) groups is 1. The van der Waals surface area contributed by atoms with Crippen LogP contribution >= 0.6 is 11.6 Å². The maximum absolute atomic E-state index is 14.8. The van der Waals surface area contributed by atoms with Crippen LogP contribution in [-0.2, 0) is 10.3 Å². The van der Waals surface area contributed by atoms with Gasteiger partial charge in [0.1, 0.15) is 11.5 Å². The Kier molecular flexibility index (Phi) is 5.94. The quantitative estimate of drug-likeness (QED) is 0.675.